The maximum atomic E-state index is 6.13. The fourth-order valence-electron chi connectivity index (χ4n) is 6.60. The lowest BCUT2D eigenvalue weighted by molar-refractivity contribution is 1.28. The number of nitrogens with two attached hydrogens (primary N) is 1. The largest absolute Gasteiger partial charge is 0.399 e. The van der Waals surface area contributed by atoms with Gasteiger partial charge in [-0.3, -0.25) is 15.0 Å². The fraction of sp³-hybridized carbons (Fsp3) is 0. The highest BCUT2D eigenvalue weighted by molar-refractivity contribution is 5.99. The summed E-state index contributed by atoms with van der Waals surface area (Å²) in [6.45, 7) is 0. The molecule has 4 N–H and O–H groups in total. The molecule has 9 rings (SSSR count). The Kier molecular flexibility index (Phi) is 6.76. The Balaban J connectivity index is 1.48. The van der Waals surface area contributed by atoms with Crippen molar-refractivity contribution in [3.05, 3.63) is 145 Å². The summed E-state index contributed by atoms with van der Waals surface area (Å²) in [5.74, 6) is 0. The summed E-state index contributed by atoms with van der Waals surface area (Å²) in [7, 11) is 0. The minimum Gasteiger partial charge on any atom is -0.399 e. The van der Waals surface area contributed by atoms with Crippen LogP contribution in [0.15, 0.2) is 122 Å². The quantitative estimate of drug-likeness (QED) is 0.166. The maximum Gasteiger partial charge on any atom is 0.0737 e. The third kappa shape index (κ3) is 5.08. The maximum absolute atomic E-state index is 6.13. The van der Waals surface area contributed by atoms with Gasteiger partial charge in [0.2, 0.25) is 0 Å². The van der Waals surface area contributed by atoms with Gasteiger partial charge >= 0.3 is 0 Å². The van der Waals surface area contributed by atoms with Gasteiger partial charge in [-0.2, -0.15) is 0 Å². The zero-order valence-corrected chi connectivity index (χ0v) is 26.2. The molecular weight excluding hydrogens is 605 g/mol. The summed E-state index contributed by atoms with van der Waals surface area (Å²) in [6.07, 6.45) is 19.2. The Morgan fingerprint density at radius 3 is 1.06 bits per heavy atom. The molecule has 1 aromatic carbocycles. The molecular formula is C41H28N8. The molecule has 0 fully saturated rings. The zero-order chi connectivity index (χ0) is 32.7. The number of hydrogen-bond acceptors (Lipinski definition) is 6. The number of hydrogen-bond donors (Lipinski definition) is 3. The van der Waals surface area contributed by atoms with Gasteiger partial charge in [0.15, 0.2) is 0 Å². The van der Waals surface area contributed by atoms with Crippen LogP contribution in [0.2, 0.25) is 0 Å². The number of H-pyrrole nitrogens is 2. The number of aromatic nitrogens is 7. The van der Waals surface area contributed by atoms with Gasteiger partial charge in [0.05, 0.1) is 22.8 Å². The first kappa shape index (κ1) is 28.3. The minimum atomic E-state index is 0.698. The molecule has 0 unspecified atom stereocenters. The van der Waals surface area contributed by atoms with E-state index in [-0.39, 0.29) is 0 Å². The zero-order valence-electron chi connectivity index (χ0n) is 26.2. The van der Waals surface area contributed by atoms with Crippen LogP contribution in [-0.4, -0.2) is 34.9 Å². The third-order valence-corrected chi connectivity index (χ3v) is 8.80. The summed E-state index contributed by atoms with van der Waals surface area (Å²) in [4.78, 5) is 31.4. The summed E-state index contributed by atoms with van der Waals surface area (Å²) < 4.78 is 0. The molecule has 8 nitrogen and oxygen atoms in total. The van der Waals surface area contributed by atoms with Crippen LogP contribution in [0.4, 0.5) is 5.69 Å². The molecule has 232 valence electrons. The van der Waals surface area contributed by atoms with Crippen LogP contribution in [0.1, 0.15) is 22.8 Å². The highest BCUT2D eigenvalue weighted by Crippen LogP contribution is 2.38. The van der Waals surface area contributed by atoms with Crippen LogP contribution in [-0.2, 0) is 0 Å². The molecule has 6 aromatic heterocycles. The molecule has 49 heavy (non-hydrogen) atoms. The predicted octanol–water partition coefficient (Wildman–Crippen LogP) is 9.09. The van der Waals surface area contributed by atoms with E-state index < -0.39 is 0 Å². The Hall–Kier alpha value is -6.93. The summed E-state index contributed by atoms with van der Waals surface area (Å²) in [6, 6.07) is 28.3. The van der Waals surface area contributed by atoms with Gasteiger partial charge in [-0.05, 0) is 84.5 Å². The molecule has 2 aliphatic heterocycles. The van der Waals surface area contributed by atoms with Gasteiger partial charge < -0.3 is 15.7 Å². The standard InChI is InChI=1S/C41H28N8/c42-29-9-7-25(8-10-29)38-30-11-13-32(46-30)39(26-4-1-19-43-22-26)34-15-17-36(48-34)41(28-6-3-21-45-24-28)37-18-16-35(49-37)40(27-5-2-20-44-23-27)33-14-12-31(38)47-33/h1-24,46,49H,42H2. The van der Waals surface area contributed by atoms with E-state index in [0.29, 0.717) is 5.69 Å². The van der Waals surface area contributed by atoms with Crippen molar-refractivity contribution in [1.82, 2.24) is 34.9 Å². The molecule has 0 radical (unpaired) electrons. The number of nitrogens with one attached hydrogen (secondary N) is 2. The van der Waals surface area contributed by atoms with Crippen molar-refractivity contribution in [2.45, 2.75) is 0 Å². The van der Waals surface area contributed by atoms with Crippen LogP contribution >= 0.6 is 0 Å². The van der Waals surface area contributed by atoms with Crippen molar-refractivity contribution in [3.63, 3.8) is 0 Å². The van der Waals surface area contributed by atoms with E-state index in [9.17, 15) is 0 Å². The molecule has 0 spiro atoms. The molecule has 0 saturated carbocycles. The Labute approximate surface area is 281 Å². The second-order valence-electron chi connectivity index (χ2n) is 11.8. The summed E-state index contributed by atoms with van der Waals surface area (Å²) in [5, 5.41) is 0. The van der Waals surface area contributed by atoms with E-state index in [1.54, 1.807) is 18.6 Å². The number of aromatic amines is 2. The first-order valence-corrected chi connectivity index (χ1v) is 15.9. The molecule has 0 aliphatic carbocycles. The van der Waals surface area contributed by atoms with Gasteiger partial charge in [0, 0.05) is 104 Å². The monoisotopic (exact) mass is 632 g/mol. The van der Waals surface area contributed by atoms with Crippen molar-refractivity contribution in [3.8, 4) is 44.5 Å². The lowest BCUT2D eigenvalue weighted by Crippen LogP contribution is -1.90. The van der Waals surface area contributed by atoms with E-state index in [2.05, 4.69) is 91.7 Å². The Bertz CT molecular complexity index is 2550. The average Bonchev–Trinajstić information content (AvgIpc) is 3.98. The predicted molar refractivity (Wildman–Crippen MR) is 198 cm³/mol. The number of benzene rings is 1. The van der Waals surface area contributed by atoms with Crippen molar-refractivity contribution in [2.75, 3.05) is 5.73 Å². The van der Waals surface area contributed by atoms with E-state index in [1.807, 2.05) is 61.1 Å². The third-order valence-electron chi connectivity index (χ3n) is 8.80. The van der Waals surface area contributed by atoms with Crippen molar-refractivity contribution >= 4 is 52.1 Å². The van der Waals surface area contributed by atoms with Gasteiger partial charge in [-0.25, -0.2) is 9.97 Å². The van der Waals surface area contributed by atoms with E-state index in [4.69, 9.17) is 15.7 Å². The number of rotatable bonds is 4. The topological polar surface area (TPSA) is 122 Å². The molecule has 8 bridgehead atoms. The van der Waals surface area contributed by atoms with Gasteiger partial charge in [0.1, 0.15) is 0 Å². The number of anilines is 1. The number of nitrogen functional groups attached to an aromatic ring is 1. The first-order valence-electron chi connectivity index (χ1n) is 15.9. The second kappa shape index (κ2) is 11.7. The SMILES string of the molecule is Nc1ccc(-c2c3nc(c(-c4cccnc4)c4ccc([nH]4)c(-c4cccnc4)c4nc(c(-c5cccnc5)c5ccc2[nH]5)C=C4)C=C3)cc1. The van der Waals surface area contributed by atoms with E-state index in [0.717, 1.165) is 89.4 Å². The van der Waals surface area contributed by atoms with Gasteiger partial charge in [0.25, 0.3) is 0 Å². The number of fused-ring (bicyclic) bond motifs is 8. The molecule has 8 heteroatoms. The van der Waals surface area contributed by atoms with Crippen molar-refractivity contribution in [1.29, 1.82) is 0 Å². The molecule has 2 aliphatic rings. The Morgan fingerprint density at radius 1 is 0.388 bits per heavy atom. The van der Waals surface area contributed by atoms with Gasteiger partial charge in [-0.1, -0.05) is 30.3 Å². The second-order valence-corrected chi connectivity index (χ2v) is 11.8. The molecule has 7 aromatic rings. The smallest absolute Gasteiger partial charge is 0.0737 e. The summed E-state index contributed by atoms with van der Waals surface area (Å²) >= 11 is 0. The van der Waals surface area contributed by atoms with Crippen LogP contribution in [0.5, 0.6) is 0 Å². The summed E-state index contributed by atoms with van der Waals surface area (Å²) in [5.41, 5.74) is 21.4. The molecule has 0 amide bonds. The number of nitrogens with zero attached hydrogens (tertiary/aromatic N) is 5. The van der Waals surface area contributed by atoms with E-state index >= 15 is 0 Å². The molecule has 0 atom stereocenters. The van der Waals surface area contributed by atoms with E-state index in [1.165, 1.54) is 0 Å². The van der Waals surface area contributed by atoms with Crippen molar-refractivity contribution < 1.29 is 0 Å². The highest BCUT2D eigenvalue weighted by atomic mass is 14.8. The van der Waals surface area contributed by atoms with Crippen LogP contribution in [0.25, 0.3) is 90.9 Å². The Morgan fingerprint density at radius 2 is 0.735 bits per heavy atom. The average molecular weight is 633 g/mol. The van der Waals surface area contributed by atoms with Crippen LogP contribution in [0, 0.1) is 0 Å². The highest BCUT2D eigenvalue weighted by Gasteiger charge is 2.19. The van der Waals surface area contributed by atoms with Crippen molar-refractivity contribution in [2.24, 2.45) is 0 Å². The molecule has 0 saturated heterocycles. The normalized spacial score (nSPS) is 12.0. The lowest BCUT2D eigenvalue weighted by atomic mass is 10.0. The number of pyridine rings is 3. The van der Waals surface area contributed by atoms with Crippen LogP contribution < -0.4 is 5.73 Å². The lowest BCUT2D eigenvalue weighted by Gasteiger charge is -2.06. The first-order chi connectivity index (χ1) is 24.2. The minimum absolute atomic E-state index is 0.698. The molecule has 8 heterocycles. The van der Waals surface area contributed by atoms with Gasteiger partial charge in [-0.15, -0.1) is 0 Å². The fourth-order valence-corrected chi connectivity index (χ4v) is 6.60. The van der Waals surface area contributed by atoms with Crippen LogP contribution in [0.3, 0.4) is 0 Å².